The van der Waals surface area contributed by atoms with Crippen LogP contribution in [-0.2, 0) is 27.1 Å². The first-order valence-electron chi connectivity index (χ1n) is 16.7. The molecule has 0 heterocycles. The zero-order chi connectivity index (χ0) is 34.7. The van der Waals surface area contributed by atoms with Gasteiger partial charge in [-0.05, 0) is 158 Å². The minimum atomic E-state index is -3.21. The maximum absolute atomic E-state index is 10.7. The first-order valence-corrected chi connectivity index (χ1v) is 20.8. The zero-order valence-corrected chi connectivity index (χ0v) is 32.7. The summed E-state index contributed by atoms with van der Waals surface area (Å²) in [6.45, 7) is 0. The van der Waals surface area contributed by atoms with Crippen molar-refractivity contribution in [3.8, 4) is 11.5 Å². The number of hydrogen-bond acceptors (Lipinski definition) is 5. The van der Waals surface area contributed by atoms with Crippen molar-refractivity contribution < 1.29 is 22.4 Å². The van der Waals surface area contributed by atoms with Crippen molar-refractivity contribution >= 4 is 65.2 Å². The fraction of sp³-hybridized carbons (Fsp3) is 0.385. The van der Waals surface area contributed by atoms with E-state index in [9.17, 15) is 13.5 Å². The van der Waals surface area contributed by atoms with Crippen LogP contribution in [0.2, 0.25) is 10.0 Å². The van der Waals surface area contributed by atoms with Gasteiger partial charge in [-0.15, -0.1) is 0 Å². The number of phenolic OH excluding ortho intramolecular Hbond substituents is 1. The standard InChI is InChI=1S/C19H18BrClO.C13H10BrClO.C7H12O3S/c20-16-3-6-19(21)15(9-16)7-12-1-4-17(5-2-12)22-18-10-13-8-14(13)11-18;14-11-3-6-13(15)10(8-11)7-9-1-4-12(16)5-2-9;1-11(8,9)10-7-3-5-2-6(5)4-7/h1-6,9,13-14,18H,7-8,10-11H2;1-6,8,16H,7H2;5-7H,2-4H2,1H3/t13-,14+,18?;;5-,6+,7?. The molecule has 0 saturated heterocycles. The Kier molecular flexibility index (Phi) is 12.0. The van der Waals surface area contributed by atoms with Crippen LogP contribution in [0.3, 0.4) is 0 Å². The number of rotatable bonds is 8. The van der Waals surface area contributed by atoms with Crippen LogP contribution < -0.4 is 4.74 Å². The van der Waals surface area contributed by atoms with E-state index >= 15 is 0 Å². The van der Waals surface area contributed by atoms with E-state index in [1.165, 1.54) is 31.2 Å². The Balaban J connectivity index is 0.000000136. The molecular weight excluding hydrogens is 811 g/mol. The molecule has 2 unspecified atom stereocenters. The lowest BCUT2D eigenvalue weighted by atomic mass is 10.0. The van der Waals surface area contributed by atoms with E-state index in [4.69, 9.17) is 32.1 Å². The van der Waals surface area contributed by atoms with Gasteiger partial charge in [-0.3, -0.25) is 4.18 Å². The van der Waals surface area contributed by atoms with Gasteiger partial charge in [0.2, 0.25) is 0 Å². The van der Waals surface area contributed by atoms with Crippen LogP contribution in [-0.4, -0.2) is 32.0 Å². The van der Waals surface area contributed by atoms with Gasteiger partial charge < -0.3 is 9.84 Å². The van der Waals surface area contributed by atoms with Crippen molar-refractivity contribution in [3.05, 3.63) is 126 Å². The van der Waals surface area contributed by atoms with Crippen molar-refractivity contribution in [3.63, 3.8) is 0 Å². The van der Waals surface area contributed by atoms with Crippen molar-refractivity contribution in [1.29, 1.82) is 0 Å². The van der Waals surface area contributed by atoms with Crippen molar-refractivity contribution in [2.75, 3.05) is 6.26 Å². The molecule has 10 heteroatoms. The minimum absolute atomic E-state index is 0.00579. The Labute approximate surface area is 316 Å². The van der Waals surface area contributed by atoms with Gasteiger partial charge in [0.15, 0.2) is 0 Å². The summed E-state index contributed by atoms with van der Waals surface area (Å²) in [7, 11) is -3.21. The molecule has 6 atom stereocenters. The van der Waals surface area contributed by atoms with E-state index in [0.29, 0.717) is 6.10 Å². The minimum Gasteiger partial charge on any atom is -0.508 e. The van der Waals surface area contributed by atoms with E-state index in [2.05, 4.69) is 62.2 Å². The van der Waals surface area contributed by atoms with Gasteiger partial charge in [0.1, 0.15) is 11.5 Å². The second-order valence-electron chi connectivity index (χ2n) is 13.8. The Morgan fingerprint density at radius 1 is 0.653 bits per heavy atom. The summed E-state index contributed by atoms with van der Waals surface area (Å²) >= 11 is 19.3. The summed E-state index contributed by atoms with van der Waals surface area (Å²) in [5.74, 6) is 4.76. The number of ether oxygens (including phenoxy) is 1. The van der Waals surface area contributed by atoms with Crippen LogP contribution in [0.1, 0.15) is 60.8 Å². The van der Waals surface area contributed by atoms with Gasteiger partial charge in [0.25, 0.3) is 10.1 Å². The SMILES string of the molecule is CS(=O)(=O)OC1C[C@@H]2C[C@@H]2C1.Clc1ccc(Br)cc1Cc1ccc(OC2C[C@@H]3C[C@@H]3C2)cc1.Oc1ccc(Cc2cc(Br)ccc2Cl)cc1. The molecule has 0 spiro atoms. The first kappa shape index (κ1) is 36.7. The predicted molar refractivity (Wildman–Crippen MR) is 204 cm³/mol. The van der Waals surface area contributed by atoms with Crippen molar-refractivity contribution in [2.45, 2.75) is 63.6 Å². The highest BCUT2D eigenvalue weighted by Crippen LogP contribution is 2.53. The molecule has 0 radical (unpaired) electrons. The van der Waals surface area contributed by atoms with E-state index < -0.39 is 10.1 Å². The highest BCUT2D eigenvalue weighted by molar-refractivity contribution is 9.10. The lowest BCUT2D eigenvalue weighted by Gasteiger charge is -2.15. The molecule has 0 aliphatic heterocycles. The topological polar surface area (TPSA) is 72.8 Å². The molecule has 4 fully saturated rings. The highest BCUT2D eigenvalue weighted by atomic mass is 79.9. The van der Waals surface area contributed by atoms with E-state index in [1.54, 1.807) is 12.1 Å². The van der Waals surface area contributed by atoms with E-state index in [-0.39, 0.29) is 11.9 Å². The van der Waals surface area contributed by atoms with Crippen LogP contribution in [0.4, 0.5) is 0 Å². The maximum atomic E-state index is 10.7. The molecule has 4 aromatic rings. The fourth-order valence-corrected chi connectivity index (χ4v) is 8.87. The third kappa shape index (κ3) is 11.2. The zero-order valence-electron chi connectivity index (χ0n) is 27.2. The number of halogens is 4. The molecule has 8 rings (SSSR count). The Morgan fingerprint density at radius 2 is 1.08 bits per heavy atom. The monoisotopic (exact) mass is 848 g/mol. The smallest absolute Gasteiger partial charge is 0.264 e. The first-order chi connectivity index (χ1) is 23.4. The van der Waals surface area contributed by atoms with E-state index in [1.807, 2.05) is 42.5 Å². The quantitative estimate of drug-likeness (QED) is 0.179. The second kappa shape index (κ2) is 16.1. The average molecular weight is 852 g/mol. The normalized spacial score (nSPS) is 24.4. The molecule has 4 aliphatic rings. The van der Waals surface area contributed by atoms with E-state index in [0.717, 1.165) is 97.0 Å². The largest absolute Gasteiger partial charge is 0.508 e. The molecule has 4 aromatic carbocycles. The predicted octanol–water partition coefficient (Wildman–Crippen LogP) is 11.0. The maximum Gasteiger partial charge on any atom is 0.264 e. The van der Waals surface area contributed by atoms with Crippen molar-refractivity contribution in [1.82, 2.24) is 0 Å². The molecule has 49 heavy (non-hydrogen) atoms. The molecular formula is C39H40Br2Cl2O5S. The van der Waals surface area contributed by atoms with Crippen LogP contribution in [0, 0.1) is 23.7 Å². The molecule has 260 valence electrons. The number of aromatic hydroxyl groups is 1. The summed E-state index contributed by atoms with van der Waals surface area (Å²) in [5.41, 5.74) is 4.58. The third-order valence-corrected chi connectivity index (χ3v) is 12.0. The van der Waals surface area contributed by atoms with Gasteiger partial charge in [-0.2, -0.15) is 8.42 Å². The number of phenols is 1. The molecule has 0 aromatic heterocycles. The van der Waals surface area contributed by atoms with Crippen LogP contribution in [0.5, 0.6) is 11.5 Å². The Hall–Kier alpha value is -2.07. The molecule has 1 N–H and O–H groups in total. The molecule has 5 nitrogen and oxygen atoms in total. The number of hydrogen-bond donors (Lipinski definition) is 1. The molecule has 4 aliphatic carbocycles. The number of benzene rings is 4. The second-order valence-corrected chi connectivity index (χ2v) is 18.0. The third-order valence-electron chi connectivity index (χ3n) is 9.68. The van der Waals surface area contributed by atoms with Crippen LogP contribution in [0.25, 0.3) is 0 Å². The van der Waals surface area contributed by atoms with Gasteiger partial charge in [0, 0.05) is 19.0 Å². The summed E-state index contributed by atoms with van der Waals surface area (Å²) in [5, 5.41) is 10.8. The van der Waals surface area contributed by atoms with Gasteiger partial charge >= 0.3 is 0 Å². The summed E-state index contributed by atoms with van der Waals surface area (Å²) in [6.07, 6.45) is 10.3. The molecule has 0 bridgehead atoms. The van der Waals surface area contributed by atoms with Crippen LogP contribution in [0.15, 0.2) is 93.9 Å². The Morgan fingerprint density at radius 3 is 1.53 bits per heavy atom. The number of fused-ring (bicyclic) bond motifs is 2. The van der Waals surface area contributed by atoms with Gasteiger partial charge in [-0.1, -0.05) is 79.3 Å². The summed E-state index contributed by atoms with van der Waals surface area (Å²) in [4.78, 5) is 0. The van der Waals surface area contributed by atoms with Crippen molar-refractivity contribution in [2.24, 2.45) is 23.7 Å². The van der Waals surface area contributed by atoms with Gasteiger partial charge in [-0.25, -0.2) is 0 Å². The molecule has 0 amide bonds. The Bertz CT molecular complexity index is 1830. The highest BCUT2D eigenvalue weighted by Gasteiger charge is 2.47. The summed E-state index contributed by atoms with van der Waals surface area (Å²) in [6, 6.07) is 27.4. The fourth-order valence-electron chi connectivity index (χ4n) is 7.03. The lowest BCUT2D eigenvalue weighted by molar-refractivity contribution is 0.194. The van der Waals surface area contributed by atoms with Crippen LogP contribution >= 0.6 is 55.1 Å². The lowest BCUT2D eigenvalue weighted by Crippen LogP contribution is -2.15. The summed E-state index contributed by atoms with van der Waals surface area (Å²) < 4.78 is 34.4. The average Bonchev–Trinajstić information content (AvgIpc) is 3.89. The van der Waals surface area contributed by atoms with Gasteiger partial charge in [0.05, 0.1) is 18.5 Å². The molecule has 4 saturated carbocycles.